The van der Waals surface area contributed by atoms with Crippen molar-refractivity contribution in [2.24, 2.45) is 11.8 Å². The van der Waals surface area contributed by atoms with E-state index in [1.54, 1.807) is 6.08 Å². The third-order valence-corrected chi connectivity index (χ3v) is 2.87. The van der Waals surface area contributed by atoms with E-state index in [0.717, 1.165) is 12.0 Å². The maximum Gasteiger partial charge on any atom is 0.156 e. The zero-order valence-corrected chi connectivity index (χ0v) is 10.8. The van der Waals surface area contributed by atoms with Gasteiger partial charge in [0.25, 0.3) is 0 Å². The molecule has 2 atom stereocenters. The molecule has 0 bridgehead atoms. The molecule has 0 saturated heterocycles. The molecule has 88 valence electrons. The van der Waals surface area contributed by atoms with Gasteiger partial charge in [0.05, 0.1) is 0 Å². The molecule has 0 aliphatic heterocycles. The van der Waals surface area contributed by atoms with E-state index in [0.29, 0.717) is 18.3 Å². The molecular weight excluding hydrogens is 196 g/mol. The van der Waals surface area contributed by atoms with Gasteiger partial charge in [-0.25, -0.2) is 0 Å². The topological polar surface area (TPSA) is 17.1 Å². The molecule has 0 fully saturated rings. The summed E-state index contributed by atoms with van der Waals surface area (Å²) in [6.07, 6.45) is 10.1. The second kappa shape index (κ2) is 5.83. The fourth-order valence-corrected chi connectivity index (χ4v) is 1.91. The molecule has 1 aliphatic rings. The van der Waals surface area contributed by atoms with E-state index >= 15 is 0 Å². The third-order valence-electron chi connectivity index (χ3n) is 2.87. The summed E-state index contributed by atoms with van der Waals surface area (Å²) >= 11 is 0. The average molecular weight is 218 g/mol. The Hall–Kier alpha value is -1.11. The first-order valence-corrected chi connectivity index (χ1v) is 6.05. The first-order chi connectivity index (χ1) is 7.49. The van der Waals surface area contributed by atoms with Gasteiger partial charge in [0.15, 0.2) is 5.78 Å². The van der Waals surface area contributed by atoms with Crippen molar-refractivity contribution in [2.45, 2.75) is 40.5 Å². The van der Waals surface area contributed by atoms with Gasteiger partial charge < -0.3 is 0 Å². The van der Waals surface area contributed by atoms with Crippen LogP contribution >= 0.6 is 0 Å². The Labute approximate surface area is 98.9 Å². The molecule has 1 unspecified atom stereocenters. The molecule has 1 nitrogen and oxygen atoms in total. The van der Waals surface area contributed by atoms with E-state index in [-0.39, 0.29) is 5.78 Å². The Morgan fingerprint density at radius 3 is 2.75 bits per heavy atom. The summed E-state index contributed by atoms with van der Waals surface area (Å²) in [6, 6.07) is 0. The van der Waals surface area contributed by atoms with Crippen molar-refractivity contribution in [3.8, 4) is 0 Å². The summed E-state index contributed by atoms with van der Waals surface area (Å²) < 4.78 is 0. The molecule has 16 heavy (non-hydrogen) atoms. The summed E-state index contributed by atoms with van der Waals surface area (Å²) in [6.45, 7) is 8.26. The minimum atomic E-state index is 0.237. The Morgan fingerprint density at radius 2 is 2.25 bits per heavy atom. The molecule has 0 N–H and O–H groups in total. The van der Waals surface area contributed by atoms with Crippen molar-refractivity contribution in [1.82, 2.24) is 0 Å². The standard InChI is InChI=1S/C15H22O/c1-11(2)9-15(16)10-13(4)14-7-5-12(3)6-8-14/h5,7-9,12-13H,6,10H2,1-4H3/t12?,13-/m0/s1. The fourth-order valence-electron chi connectivity index (χ4n) is 1.91. The van der Waals surface area contributed by atoms with Gasteiger partial charge in [0, 0.05) is 6.42 Å². The average Bonchev–Trinajstić information content (AvgIpc) is 2.16. The van der Waals surface area contributed by atoms with Crippen molar-refractivity contribution < 1.29 is 4.79 Å². The summed E-state index contributed by atoms with van der Waals surface area (Å²) in [7, 11) is 0. The van der Waals surface area contributed by atoms with Crippen LogP contribution in [-0.2, 0) is 4.79 Å². The first kappa shape index (κ1) is 13.0. The van der Waals surface area contributed by atoms with Gasteiger partial charge in [0.2, 0.25) is 0 Å². The summed E-state index contributed by atoms with van der Waals surface area (Å²) in [4.78, 5) is 11.6. The van der Waals surface area contributed by atoms with Crippen LogP contribution in [0.4, 0.5) is 0 Å². The van der Waals surface area contributed by atoms with Crippen molar-refractivity contribution in [3.05, 3.63) is 35.5 Å². The minimum absolute atomic E-state index is 0.237. The normalized spacial score (nSPS) is 21.2. The number of rotatable bonds is 4. The molecule has 0 aromatic heterocycles. The minimum Gasteiger partial charge on any atom is -0.295 e. The molecule has 0 amide bonds. The highest BCUT2D eigenvalue weighted by Gasteiger charge is 2.13. The Morgan fingerprint density at radius 1 is 1.56 bits per heavy atom. The molecule has 1 rings (SSSR count). The lowest BCUT2D eigenvalue weighted by Gasteiger charge is -2.16. The van der Waals surface area contributed by atoms with Gasteiger partial charge in [-0.1, -0.05) is 37.6 Å². The second-order valence-electron chi connectivity index (χ2n) is 5.07. The van der Waals surface area contributed by atoms with Crippen LogP contribution in [-0.4, -0.2) is 5.78 Å². The quantitative estimate of drug-likeness (QED) is 0.650. The molecule has 0 aromatic carbocycles. The van der Waals surface area contributed by atoms with Gasteiger partial charge in [0.1, 0.15) is 0 Å². The SMILES string of the molecule is CC(C)=CC(=O)C[C@H](C)C1=CCC(C)C=C1. The van der Waals surface area contributed by atoms with E-state index in [1.807, 2.05) is 13.8 Å². The zero-order chi connectivity index (χ0) is 12.1. The van der Waals surface area contributed by atoms with Crippen molar-refractivity contribution in [3.63, 3.8) is 0 Å². The van der Waals surface area contributed by atoms with Crippen molar-refractivity contribution in [2.75, 3.05) is 0 Å². The molecule has 0 radical (unpaired) electrons. The summed E-state index contributed by atoms with van der Waals surface area (Å²) in [5, 5.41) is 0. The van der Waals surface area contributed by atoms with Crippen LogP contribution in [0.2, 0.25) is 0 Å². The lowest BCUT2D eigenvalue weighted by Crippen LogP contribution is -2.07. The fraction of sp³-hybridized carbons (Fsp3) is 0.533. The zero-order valence-electron chi connectivity index (χ0n) is 10.8. The van der Waals surface area contributed by atoms with Crippen LogP contribution in [0.25, 0.3) is 0 Å². The Bertz CT molecular complexity index is 340. The van der Waals surface area contributed by atoms with Crippen LogP contribution < -0.4 is 0 Å². The van der Waals surface area contributed by atoms with Crippen LogP contribution in [0.5, 0.6) is 0 Å². The number of allylic oxidation sites excluding steroid dienone is 6. The van der Waals surface area contributed by atoms with Crippen LogP contribution in [0, 0.1) is 11.8 Å². The van der Waals surface area contributed by atoms with Gasteiger partial charge in [-0.2, -0.15) is 0 Å². The lowest BCUT2D eigenvalue weighted by molar-refractivity contribution is -0.115. The smallest absolute Gasteiger partial charge is 0.156 e. The monoisotopic (exact) mass is 218 g/mol. The largest absolute Gasteiger partial charge is 0.295 e. The first-order valence-electron chi connectivity index (χ1n) is 6.05. The van der Waals surface area contributed by atoms with E-state index in [2.05, 4.69) is 32.1 Å². The van der Waals surface area contributed by atoms with Crippen molar-refractivity contribution in [1.29, 1.82) is 0 Å². The number of carbonyl (C=O) groups is 1. The predicted molar refractivity (Wildman–Crippen MR) is 69.2 cm³/mol. The van der Waals surface area contributed by atoms with E-state index in [1.165, 1.54) is 5.57 Å². The summed E-state index contributed by atoms with van der Waals surface area (Å²) in [5.74, 6) is 1.22. The van der Waals surface area contributed by atoms with Gasteiger partial charge in [-0.05, 0) is 43.8 Å². The van der Waals surface area contributed by atoms with Gasteiger partial charge >= 0.3 is 0 Å². The number of hydrogen-bond donors (Lipinski definition) is 0. The maximum absolute atomic E-state index is 11.6. The predicted octanol–water partition coefficient (Wildman–Crippen LogP) is 4.07. The lowest BCUT2D eigenvalue weighted by atomic mass is 9.88. The third kappa shape index (κ3) is 4.18. The highest BCUT2D eigenvalue weighted by Crippen LogP contribution is 2.23. The molecule has 0 heterocycles. The molecule has 0 aromatic rings. The molecule has 0 saturated carbocycles. The Balaban J connectivity index is 2.54. The molecule has 1 aliphatic carbocycles. The Kier molecular flexibility index (Phi) is 4.72. The van der Waals surface area contributed by atoms with Crippen molar-refractivity contribution >= 4 is 5.78 Å². The van der Waals surface area contributed by atoms with Crippen LogP contribution in [0.1, 0.15) is 40.5 Å². The number of carbonyl (C=O) groups excluding carboxylic acids is 1. The summed E-state index contributed by atoms with van der Waals surface area (Å²) in [5.41, 5.74) is 2.40. The maximum atomic E-state index is 11.6. The highest BCUT2D eigenvalue weighted by atomic mass is 16.1. The second-order valence-corrected chi connectivity index (χ2v) is 5.07. The van der Waals surface area contributed by atoms with Gasteiger partial charge in [-0.3, -0.25) is 4.79 Å². The highest BCUT2D eigenvalue weighted by molar-refractivity contribution is 5.90. The van der Waals surface area contributed by atoms with E-state index in [9.17, 15) is 4.79 Å². The number of ketones is 1. The van der Waals surface area contributed by atoms with Crippen LogP contribution in [0.3, 0.4) is 0 Å². The molecule has 1 heteroatoms. The van der Waals surface area contributed by atoms with E-state index < -0.39 is 0 Å². The molecule has 0 spiro atoms. The molecular formula is C15H22O. The van der Waals surface area contributed by atoms with E-state index in [4.69, 9.17) is 0 Å². The van der Waals surface area contributed by atoms with Gasteiger partial charge in [-0.15, -0.1) is 0 Å². The van der Waals surface area contributed by atoms with Crippen LogP contribution in [0.15, 0.2) is 35.5 Å². The number of hydrogen-bond acceptors (Lipinski definition) is 1.